The summed E-state index contributed by atoms with van der Waals surface area (Å²) in [5, 5.41) is 26.1. The minimum Gasteiger partial charge on any atom is -0.508 e. The largest absolute Gasteiger partial charge is 0.508 e. The summed E-state index contributed by atoms with van der Waals surface area (Å²) in [6.45, 7) is -1.07. The SMILES string of the molecule is NC(=O)[C@@H]1C[C@@]2(CN1)NC(=O)[C@H]1C[C@@]3(CN1C2=O)NC(=O)[C@H]1C[C@]2(CN1C3=O)NC(=O)[C@@H]1C[C@]3(CN1C2=O)NC(=O)[C@H](Cc1ccc(O)cc1)NC3=O. The second-order valence-electron chi connectivity index (χ2n) is 15.7. The molecule has 53 heavy (non-hydrogen) atoms. The summed E-state index contributed by atoms with van der Waals surface area (Å²) in [6, 6.07) is 1.03. The number of hydrogen-bond donors (Lipinski definition) is 8. The number of aromatic hydroxyl groups is 1. The first-order valence-electron chi connectivity index (χ1n) is 17.4. The highest BCUT2D eigenvalue weighted by Gasteiger charge is 2.70. The number of primary amides is 1. The van der Waals surface area contributed by atoms with Crippen LogP contribution in [-0.2, 0) is 49.6 Å². The zero-order chi connectivity index (χ0) is 37.4. The lowest BCUT2D eigenvalue weighted by atomic mass is 9.87. The molecule has 9 N–H and O–H groups in total. The molecule has 8 aliphatic rings. The van der Waals surface area contributed by atoms with Crippen molar-refractivity contribution in [2.24, 2.45) is 5.73 Å². The molecule has 0 bridgehead atoms. The minimum atomic E-state index is -1.72. The van der Waals surface area contributed by atoms with Gasteiger partial charge in [0, 0.05) is 38.6 Å². The molecule has 8 heterocycles. The Balaban J connectivity index is 0.925. The number of nitrogens with two attached hydrogens (primary N) is 1. The van der Waals surface area contributed by atoms with E-state index >= 15 is 0 Å². The van der Waals surface area contributed by atoms with Gasteiger partial charge in [0.05, 0.1) is 25.7 Å². The summed E-state index contributed by atoms with van der Waals surface area (Å²) in [6.07, 6.45) is -0.612. The van der Waals surface area contributed by atoms with Gasteiger partial charge in [0.25, 0.3) is 17.7 Å². The highest BCUT2D eigenvalue weighted by atomic mass is 16.3. The Morgan fingerprint density at radius 1 is 0.660 bits per heavy atom. The van der Waals surface area contributed by atoms with E-state index in [0.717, 1.165) is 0 Å². The van der Waals surface area contributed by atoms with Crippen LogP contribution in [0.1, 0.15) is 31.2 Å². The first kappa shape index (κ1) is 33.1. The first-order chi connectivity index (χ1) is 25.1. The molecule has 1 aromatic carbocycles. The van der Waals surface area contributed by atoms with Gasteiger partial charge in [0.1, 0.15) is 52.1 Å². The van der Waals surface area contributed by atoms with Crippen molar-refractivity contribution in [1.29, 1.82) is 0 Å². The predicted molar refractivity (Wildman–Crippen MR) is 173 cm³/mol. The molecule has 9 amide bonds. The van der Waals surface area contributed by atoms with Crippen molar-refractivity contribution in [3.63, 3.8) is 0 Å². The Bertz CT molecular complexity index is 1980. The Hall–Kier alpha value is -5.79. The van der Waals surface area contributed by atoms with Crippen LogP contribution < -0.4 is 37.6 Å². The highest BCUT2D eigenvalue weighted by Crippen LogP contribution is 2.44. The van der Waals surface area contributed by atoms with Gasteiger partial charge in [-0.2, -0.15) is 0 Å². The molecule has 0 aliphatic carbocycles. The molecular weight excluding hydrogens is 696 g/mol. The zero-order valence-electron chi connectivity index (χ0n) is 28.1. The van der Waals surface area contributed by atoms with Crippen LogP contribution in [0, 0.1) is 0 Å². The summed E-state index contributed by atoms with van der Waals surface area (Å²) < 4.78 is 0. The van der Waals surface area contributed by atoms with Gasteiger partial charge >= 0.3 is 0 Å². The van der Waals surface area contributed by atoms with Crippen molar-refractivity contribution in [3.8, 4) is 5.75 Å². The number of piperazine rings is 4. The van der Waals surface area contributed by atoms with E-state index in [9.17, 15) is 48.3 Å². The average Bonchev–Trinajstić information content (AvgIpc) is 3.90. The molecule has 278 valence electrons. The number of fused-ring (bicyclic) bond motifs is 3. The number of rotatable bonds is 3. The molecule has 0 radical (unpaired) electrons. The summed E-state index contributed by atoms with van der Waals surface area (Å²) >= 11 is 0. The van der Waals surface area contributed by atoms with Crippen LogP contribution >= 0.6 is 0 Å². The van der Waals surface area contributed by atoms with Gasteiger partial charge in [-0.1, -0.05) is 12.1 Å². The van der Waals surface area contributed by atoms with Crippen LogP contribution in [-0.4, -0.2) is 152 Å². The molecule has 4 spiro atoms. The van der Waals surface area contributed by atoms with Gasteiger partial charge in [-0.05, 0) is 17.7 Å². The number of hydrogen-bond acceptors (Lipinski definition) is 11. The van der Waals surface area contributed by atoms with Crippen molar-refractivity contribution >= 4 is 53.2 Å². The normalized spacial score (nSPS) is 40.0. The van der Waals surface area contributed by atoms with Crippen LogP contribution in [0.2, 0.25) is 0 Å². The summed E-state index contributed by atoms with van der Waals surface area (Å²) in [5.74, 6) is -5.25. The number of carbonyl (C=O) groups excluding carboxylic acids is 9. The number of benzene rings is 1. The summed E-state index contributed by atoms with van der Waals surface area (Å²) in [7, 11) is 0. The van der Waals surface area contributed by atoms with Crippen molar-refractivity contribution in [2.45, 2.75) is 84.5 Å². The molecular formula is C33H36N10O10. The molecule has 8 aliphatic heterocycles. The average molecular weight is 733 g/mol. The molecule has 0 aromatic heterocycles. The van der Waals surface area contributed by atoms with E-state index in [2.05, 4.69) is 31.9 Å². The number of amides is 9. The van der Waals surface area contributed by atoms with Gasteiger partial charge in [-0.25, -0.2) is 0 Å². The van der Waals surface area contributed by atoms with Crippen molar-refractivity contribution < 1.29 is 48.3 Å². The van der Waals surface area contributed by atoms with Crippen LogP contribution in [0.25, 0.3) is 0 Å². The monoisotopic (exact) mass is 732 g/mol. The molecule has 9 atom stereocenters. The number of nitrogens with one attached hydrogen (secondary N) is 6. The van der Waals surface area contributed by atoms with Gasteiger partial charge in [-0.15, -0.1) is 0 Å². The second kappa shape index (κ2) is 10.6. The summed E-state index contributed by atoms with van der Waals surface area (Å²) in [4.78, 5) is 126. The van der Waals surface area contributed by atoms with Gasteiger partial charge < -0.3 is 57.4 Å². The fourth-order valence-electron chi connectivity index (χ4n) is 9.75. The maximum atomic E-state index is 14.3. The Morgan fingerprint density at radius 2 is 1.11 bits per heavy atom. The lowest BCUT2D eigenvalue weighted by molar-refractivity contribution is -0.154. The topological polar surface area (TPSA) is 282 Å². The Labute approximate surface area is 299 Å². The van der Waals surface area contributed by atoms with Crippen LogP contribution in [0.15, 0.2) is 24.3 Å². The van der Waals surface area contributed by atoms with E-state index in [4.69, 9.17) is 5.73 Å². The molecule has 9 rings (SSSR count). The molecule has 0 saturated carbocycles. The molecule has 8 saturated heterocycles. The third kappa shape index (κ3) is 4.53. The predicted octanol–water partition coefficient (Wildman–Crippen LogP) is -6.46. The minimum absolute atomic E-state index is 0.0489. The van der Waals surface area contributed by atoms with Gasteiger partial charge in [0.15, 0.2) is 0 Å². The molecule has 1 aromatic rings. The molecule has 20 nitrogen and oxygen atoms in total. The van der Waals surface area contributed by atoms with E-state index in [-0.39, 0.29) is 64.0 Å². The Morgan fingerprint density at radius 3 is 1.62 bits per heavy atom. The lowest BCUT2D eigenvalue weighted by Crippen LogP contribution is -2.72. The van der Waals surface area contributed by atoms with Gasteiger partial charge in [-0.3, -0.25) is 43.2 Å². The fourth-order valence-corrected chi connectivity index (χ4v) is 9.75. The third-order valence-electron chi connectivity index (χ3n) is 12.4. The number of phenols is 1. The summed E-state index contributed by atoms with van der Waals surface area (Å²) in [5.41, 5.74) is -0.351. The first-order valence-corrected chi connectivity index (χ1v) is 17.4. The quantitative estimate of drug-likeness (QED) is 0.145. The van der Waals surface area contributed by atoms with E-state index < -0.39 is 106 Å². The molecule has 0 unspecified atom stereocenters. The smallest absolute Gasteiger partial charge is 0.251 e. The van der Waals surface area contributed by atoms with E-state index in [1.807, 2.05) is 0 Å². The number of phenolic OH excluding ortho intramolecular Hbond substituents is 1. The fraction of sp³-hybridized carbons (Fsp3) is 0.545. The standard InChI is InChI=1S/C33H36N10O10/c34-21(45)17-6-30(10-35-17)27(51)42-12-32(8-19(42)23(47)38-30)29(53)43-13-33(9-20(43)25(49)40-32)28(52)41-11-31(7-18(41)24(48)39-33)26(50)36-16(22(46)37-31)5-14-1-3-15(44)4-2-14/h1-4,16-20,35,44H,5-13H2,(H2,34,45)(H,36,50)(H,37,46)(H,38,47)(H,39,48)(H,40,49)/t16-,17-,18-,19+,20+,30-,31+,32-,33+/m0/s1. The number of carbonyl (C=O) groups is 9. The number of nitrogens with zero attached hydrogens (tertiary/aromatic N) is 3. The highest BCUT2D eigenvalue weighted by molar-refractivity contribution is 6.09. The van der Waals surface area contributed by atoms with E-state index in [0.29, 0.717) is 5.56 Å². The second-order valence-corrected chi connectivity index (χ2v) is 15.7. The third-order valence-corrected chi connectivity index (χ3v) is 12.4. The van der Waals surface area contributed by atoms with Crippen molar-refractivity contribution in [2.75, 3.05) is 26.2 Å². The van der Waals surface area contributed by atoms with Crippen molar-refractivity contribution in [3.05, 3.63) is 29.8 Å². The molecule has 8 fully saturated rings. The maximum Gasteiger partial charge on any atom is 0.251 e. The molecule has 20 heteroatoms. The Kier molecular flexibility index (Phi) is 6.64. The maximum absolute atomic E-state index is 14.3. The van der Waals surface area contributed by atoms with Gasteiger partial charge in [0.2, 0.25) is 35.4 Å². The lowest BCUT2D eigenvalue weighted by Gasteiger charge is -2.42. The van der Waals surface area contributed by atoms with E-state index in [1.54, 1.807) is 12.1 Å². The zero-order valence-corrected chi connectivity index (χ0v) is 28.1. The van der Waals surface area contributed by atoms with Crippen LogP contribution in [0.5, 0.6) is 5.75 Å². The van der Waals surface area contributed by atoms with E-state index in [1.165, 1.54) is 26.8 Å². The van der Waals surface area contributed by atoms with Crippen LogP contribution in [0.3, 0.4) is 0 Å². The van der Waals surface area contributed by atoms with Crippen LogP contribution in [0.4, 0.5) is 0 Å². The van der Waals surface area contributed by atoms with Crippen molar-refractivity contribution in [1.82, 2.24) is 46.6 Å².